The van der Waals surface area contributed by atoms with E-state index < -0.39 is 13.1 Å². The van der Waals surface area contributed by atoms with E-state index in [1.54, 1.807) is 12.1 Å². The van der Waals surface area contributed by atoms with Crippen molar-refractivity contribution in [3.8, 4) is 5.75 Å². The Kier molecular flexibility index (Phi) is 7.32. The Morgan fingerprint density at radius 2 is 1.93 bits per heavy atom. The molecule has 1 aliphatic carbocycles. The number of benzene rings is 1. The molecule has 0 bridgehead atoms. The molecule has 158 valence electrons. The molecule has 29 heavy (non-hydrogen) atoms. The molecule has 1 aliphatic heterocycles. The smallest absolute Gasteiger partial charge is 0.526 e. The molecular formula is C21H31BN2O5. The average Bonchev–Trinajstić information content (AvgIpc) is 2.68. The van der Waals surface area contributed by atoms with E-state index in [4.69, 9.17) is 16.1 Å². The highest BCUT2D eigenvalue weighted by atomic mass is 16.5. The van der Waals surface area contributed by atoms with E-state index in [9.17, 15) is 19.7 Å². The zero-order chi connectivity index (χ0) is 21.0. The summed E-state index contributed by atoms with van der Waals surface area (Å²) in [5, 5.41) is 19.6. The largest absolute Gasteiger partial charge is 0.535 e. The van der Waals surface area contributed by atoms with Crippen LogP contribution in [0, 0.1) is 11.8 Å². The minimum absolute atomic E-state index is 0.0379. The van der Waals surface area contributed by atoms with Gasteiger partial charge in [0.15, 0.2) is 0 Å². The Balaban J connectivity index is 1.52. The number of carboxylic acids is 1. The van der Waals surface area contributed by atoms with Crippen LogP contribution >= 0.6 is 0 Å². The molecule has 0 aromatic heterocycles. The molecule has 1 saturated carbocycles. The first-order chi connectivity index (χ1) is 13.9. The van der Waals surface area contributed by atoms with Crippen LogP contribution in [-0.4, -0.2) is 41.6 Å². The van der Waals surface area contributed by atoms with Gasteiger partial charge in [0.1, 0.15) is 11.5 Å². The molecule has 7 nitrogen and oxygen atoms in total. The minimum Gasteiger partial charge on any atom is -0.535 e. The Morgan fingerprint density at radius 3 is 2.59 bits per heavy atom. The zero-order valence-corrected chi connectivity index (χ0v) is 16.8. The van der Waals surface area contributed by atoms with Crippen LogP contribution in [0.4, 0.5) is 0 Å². The first-order valence-electron chi connectivity index (χ1n) is 10.6. The number of carbonyl (C=O) groups excluding carboxylic acids is 1. The molecular weight excluding hydrogens is 371 g/mol. The predicted octanol–water partition coefficient (Wildman–Crippen LogP) is 2.00. The second kappa shape index (κ2) is 9.74. The van der Waals surface area contributed by atoms with Gasteiger partial charge in [-0.25, -0.2) is 4.79 Å². The number of nitrogens with two attached hydrogens (primary N) is 2. The summed E-state index contributed by atoms with van der Waals surface area (Å²) in [6.45, 7) is 0.614. The number of carbonyl (C=O) groups is 2. The molecule has 2 atom stereocenters. The van der Waals surface area contributed by atoms with Gasteiger partial charge in [-0.2, -0.15) is 0 Å². The molecule has 0 amide bonds. The number of Topliss-reactive ketones (excluding diaryl/α,β-unsaturated/α-hetero) is 1. The number of rotatable bonds is 8. The van der Waals surface area contributed by atoms with E-state index in [0.717, 1.165) is 37.7 Å². The molecule has 3 rings (SSSR count). The third-order valence-electron chi connectivity index (χ3n) is 6.45. The van der Waals surface area contributed by atoms with E-state index in [1.807, 2.05) is 0 Å². The summed E-state index contributed by atoms with van der Waals surface area (Å²) >= 11 is 0. The van der Waals surface area contributed by atoms with Crippen LogP contribution in [-0.2, 0) is 11.2 Å². The molecule has 8 heteroatoms. The summed E-state index contributed by atoms with van der Waals surface area (Å²) in [5.41, 5.74) is 12.5. The maximum Gasteiger partial charge on any atom is 0.526 e. The Morgan fingerprint density at radius 1 is 1.21 bits per heavy atom. The first kappa shape index (κ1) is 21.8. The summed E-state index contributed by atoms with van der Waals surface area (Å²) in [4.78, 5) is 24.0. The van der Waals surface area contributed by atoms with Crippen molar-refractivity contribution in [2.24, 2.45) is 23.3 Å². The van der Waals surface area contributed by atoms with Crippen LogP contribution in [0.5, 0.6) is 5.75 Å². The van der Waals surface area contributed by atoms with Gasteiger partial charge < -0.3 is 26.3 Å². The highest BCUT2D eigenvalue weighted by Gasteiger charge is 2.38. The van der Waals surface area contributed by atoms with Crippen molar-refractivity contribution in [1.29, 1.82) is 0 Å². The van der Waals surface area contributed by atoms with Crippen molar-refractivity contribution in [3.63, 3.8) is 0 Å². The highest BCUT2D eigenvalue weighted by molar-refractivity contribution is 6.47. The van der Waals surface area contributed by atoms with Gasteiger partial charge in [-0.15, -0.1) is 0 Å². The molecule has 0 saturated heterocycles. The fraction of sp³-hybridized carbons (Fsp3) is 0.619. The summed E-state index contributed by atoms with van der Waals surface area (Å²) in [6, 6.07) is 5.06. The molecule has 0 unspecified atom stereocenters. The molecule has 2 aliphatic rings. The lowest BCUT2D eigenvalue weighted by Gasteiger charge is -2.32. The summed E-state index contributed by atoms with van der Waals surface area (Å²) in [7, 11) is -1.17. The van der Waals surface area contributed by atoms with Crippen LogP contribution in [0.3, 0.4) is 0 Å². The fourth-order valence-electron chi connectivity index (χ4n) is 4.77. The van der Waals surface area contributed by atoms with Gasteiger partial charge in [0.05, 0.1) is 5.56 Å². The average molecular weight is 402 g/mol. The lowest BCUT2D eigenvalue weighted by atomic mass is 9.64. The van der Waals surface area contributed by atoms with E-state index in [1.165, 1.54) is 6.07 Å². The lowest BCUT2D eigenvalue weighted by Crippen LogP contribution is -2.36. The third kappa shape index (κ3) is 5.38. The van der Waals surface area contributed by atoms with Gasteiger partial charge in [-0.05, 0) is 68.5 Å². The second-order valence-electron chi connectivity index (χ2n) is 8.54. The number of hydrogen-bond donors (Lipinski definition) is 4. The normalized spacial score (nSPS) is 25.1. The van der Waals surface area contributed by atoms with Crippen LogP contribution in [0.1, 0.15) is 60.9 Å². The number of ketones is 1. The van der Waals surface area contributed by atoms with Crippen molar-refractivity contribution in [1.82, 2.24) is 0 Å². The Hall–Kier alpha value is -1.90. The van der Waals surface area contributed by atoms with Crippen molar-refractivity contribution in [2.45, 2.75) is 63.2 Å². The van der Waals surface area contributed by atoms with Crippen molar-refractivity contribution in [2.75, 3.05) is 6.54 Å². The zero-order valence-electron chi connectivity index (χ0n) is 16.8. The molecule has 1 aromatic rings. The van der Waals surface area contributed by atoms with Gasteiger partial charge in [0, 0.05) is 24.7 Å². The maximum atomic E-state index is 12.6. The van der Waals surface area contributed by atoms with Crippen LogP contribution in [0.2, 0.25) is 5.82 Å². The lowest BCUT2D eigenvalue weighted by molar-refractivity contribution is -0.120. The number of fused-ring (bicyclic) bond motifs is 1. The molecule has 1 aromatic carbocycles. The summed E-state index contributed by atoms with van der Waals surface area (Å²) in [6.07, 6.45) is 6.13. The molecule has 6 N–H and O–H groups in total. The molecule has 0 radical (unpaired) electrons. The highest BCUT2D eigenvalue weighted by Crippen LogP contribution is 2.38. The summed E-state index contributed by atoms with van der Waals surface area (Å²) in [5.74, 6) is -0.234. The monoisotopic (exact) mass is 402 g/mol. The SMILES string of the molecule is NCC[C@@H](N)C1CCC(CC(=O)C[C@H]2Cc3cccc(C(=O)O)c3OB2O)CC1. The van der Waals surface area contributed by atoms with Gasteiger partial charge >= 0.3 is 13.1 Å². The first-order valence-corrected chi connectivity index (χ1v) is 10.6. The predicted molar refractivity (Wildman–Crippen MR) is 111 cm³/mol. The fourth-order valence-corrected chi connectivity index (χ4v) is 4.77. The van der Waals surface area contributed by atoms with E-state index in [0.29, 0.717) is 31.2 Å². The van der Waals surface area contributed by atoms with Gasteiger partial charge in [0.25, 0.3) is 0 Å². The second-order valence-corrected chi connectivity index (χ2v) is 8.54. The van der Waals surface area contributed by atoms with Crippen molar-refractivity contribution < 1.29 is 24.4 Å². The molecule has 1 heterocycles. The quantitative estimate of drug-likeness (QED) is 0.488. The van der Waals surface area contributed by atoms with Crippen LogP contribution in [0.15, 0.2) is 18.2 Å². The number of para-hydroxylation sites is 1. The van der Waals surface area contributed by atoms with Crippen LogP contribution in [0.25, 0.3) is 0 Å². The Labute approximate surface area is 171 Å². The van der Waals surface area contributed by atoms with Gasteiger partial charge in [-0.3, -0.25) is 4.79 Å². The topological polar surface area (TPSA) is 136 Å². The molecule has 0 spiro atoms. The van der Waals surface area contributed by atoms with E-state index in [-0.39, 0.29) is 35.4 Å². The maximum absolute atomic E-state index is 12.6. The standard InChI is InChI=1S/C21H31BN2O5/c23-9-8-19(24)14-6-4-13(5-7-14)10-17(25)12-16-11-15-2-1-3-18(21(26)27)20(15)29-22(16)28/h1-3,13-14,16,19,28H,4-12,23-24H2,(H,26,27)/t13?,14?,16-,19-/m1/s1. The Bertz CT molecular complexity index is 736. The minimum atomic E-state index is -1.17. The number of carboxylic acid groups (broad SMARTS) is 1. The van der Waals surface area contributed by atoms with E-state index >= 15 is 0 Å². The van der Waals surface area contributed by atoms with Crippen LogP contribution < -0.4 is 16.1 Å². The van der Waals surface area contributed by atoms with Gasteiger partial charge in [0.2, 0.25) is 0 Å². The van der Waals surface area contributed by atoms with E-state index in [2.05, 4.69) is 0 Å². The van der Waals surface area contributed by atoms with Crippen molar-refractivity contribution in [3.05, 3.63) is 29.3 Å². The van der Waals surface area contributed by atoms with Crippen molar-refractivity contribution >= 4 is 18.9 Å². The van der Waals surface area contributed by atoms with Gasteiger partial charge in [-0.1, -0.05) is 12.1 Å². The number of hydrogen-bond acceptors (Lipinski definition) is 6. The number of aromatic carboxylic acids is 1. The summed E-state index contributed by atoms with van der Waals surface area (Å²) < 4.78 is 5.49. The molecule has 1 fully saturated rings. The third-order valence-corrected chi connectivity index (χ3v) is 6.45.